The molecule has 2 rings (SSSR count). The second-order valence-corrected chi connectivity index (χ2v) is 5.53. The molecule has 0 radical (unpaired) electrons. The van der Waals surface area contributed by atoms with Gasteiger partial charge in [-0.25, -0.2) is 0 Å². The summed E-state index contributed by atoms with van der Waals surface area (Å²) < 4.78 is 46.2. The molecule has 1 aliphatic rings. The van der Waals surface area contributed by atoms with Crippen LogP contribution >= 0.6 is 40.7 Å². The summed E-state index contributed by atoms with van der Waals surface area (Å²) in [5, 5.41) is 3.06. The Kier molecular flexibility index (Phi) is 9.09. The maximum atomic E-state index is 13.5. The van der Waals surface area contributed by atoms with Crippen molar-refractivity contribution in [3.63, 3.8) is 0 Å². The zero-order valence-corrected chi connectivity index (χ0v) is 15.0. The summed E-state index contributed by atoms with van der Waals surface area (Å²) in [6.07, 6.45) is -4.34. The zero-order chi connectivity index (χ0) is 14.8. The number of alkyl halides is 3. The predicted octanol–water partition coefficient (Wildman–Crippen LogP) is 3.81. The Morgan fingerprint density at radius 3 is 2.32 bits per heavy atom. The number of piperazine rings is 1. The quantitative estimate of drug-likeness (QED) is 0.796. The number of hydrogen-bond acceptors (Lipinski definition) is 3. The summed E-state index contributed by atoms with van der Waals surface area (Å²) in [5.41, 5.74) is 0.149. The van der Waals surface area contributed by atoms with E-state index < -0.39 is 12.2 Å². The largest absolute Gasteiger partial charge is 0.496 e. The fourth-order valence-electron chi connectivity index (χ4n) is 2.44. The monoisotopic (exact) mass is 424 g/mol. The van der Waals surface area contributed by atoms with Gasteiger partial charge in [-0.1, -0.05) is 15.9 Å². The molecule has 1 aliphatic heterocycles. The molecule has 3 nitrogen and oxygen atoms in total. The van der Waals surface area contributed by atoms with E-state index in [1.807, 2.05) is 0 Å². The molecule has 0 amide bonds. The van der Waals surface area contributed by atoms with Gasteiger partial charge in [-0.05, 0) is 18.2 Å². The molecule has 9 heteroatoms. The van der Waals surface area contributed by atoms with E-state index in [4.69, 9.17) is 4.74 Å². The summed E-state index contributed by atoms with van der Waals surface area (Å²) in [4.78, 5) is 1.45. The fraction of sp³-hybridized carbons (Fsp3) is 0.538. The molecule has 0 saturated carbocycles. The lowest BCUT2D eigenvalue weighted by molar-refractivity contribution is -0.188. The van der Waals surface area contributed by atoms with Crippen molar-refractivity contribution in [1.29, 1.82) is 0 Å². The van der Waals surface area contributed by atoms with E-state index in [1.54, 1.807) is 12.1 Å². The van der Waals surface area contributed by atoms with E-state index in [0.29, 0.717) is 30.7 Å². The lowest BCUT2D eigenvalue weighted by Gasteiger charge is -2.36. The molecule has 22 heavy (non-hydrogen) atoms. The maximum absolute atomic E-state index is 13.5. The van der Waals surface area contributed by atoms with Crippen LogP contribution in [0.5, 0.6) is 5.75 Å². The third-order valence-corrected chi connectivity index (χ3v) is 3.81. The number of hydrogen-bond donors (Lipinski definition) is 1. The van der Waals surface area contributed by atoms with E-state index in [2.05, 4.69) is 21.2 Å². The first-order valence-electron chi connectivity index (χ1n) is 6.28. The molecule has 128 valence electrons. The minimum absolute atomic E-state index is 0. The summed E-state index contributed by atoms with van der Waals surface area (Å²) in [7, 11) is 1.39. The molecule has 1 aromatic rings. The van der Waals surface area contributed by atoms with Crippen molar-refractivity contribution >= 4 is 40.7 Å². The Balaban J connectivity index is 0.00000220. The van der Waals surface area contributed by atoms with Gasteiger partial charge in [-0.2, -0.15) is 13.2 Å². The molecule has 1 heterocycles. The first kappa shape index (κ1) is 21.8. The first-order chi connectivity index (χ1) is 9.43. The van der Waals surface area contributed by atoms with E-state index in [0.717, 1.165) is 0 Å². The Morgan fingerprint density at radius 1 is 1.23 bits per heavy atom. The Labute approximate surface area is 148 Å². The predicted molar refractivity (Wildman–Crippen MR) is 88.4 cm³/mol. The van der Waals surface area contributed by atoms with Crippen LogP contribution in [-0.2, 0) is 0 Å². The highest BCUT2D eigenvalue weighted by atomic mass is 79.9. The minimum Gasteiger partial charge on any atom is -0.496 e. The summed E-state index contributed by atoms with van der Waals surface area (Å²) in [6.45, 7) is 1.84. The van der Waals surface area contributed by atoms with Gasteiger partial charge in [-0.15, -0.1) is 24.8 Å². The van der Waals surface area contributed by atoms with E-state index >= 15 is 0 Å². The van der Waals surface area contributed by atoms with Gasteiger partial charge in [0.05, 0.1) is 7.11 Å². The van der Waals surface area contributed by atoms with Gasteiger partial charge in [0, 0.05) is 36.2 Å². The molecule has 1 saturated heterocycles. The van der Waals surface area contributed by atoms with Gasteiger partial charge in [0.15, 0.2) is 0 Å². The smallest absolute Gasteiger partial charge is 0.408 e. The normalized spacial score (nSPS) is 17.1. The first-order valence-corrected chi connectivity index (χ1v) is 7.07. The van der Waals surface area contributed by atoms with Crippen LogP contribution in [0.15, 0.2) is 22.7 Å². The summed E-state index contributed by atoms with van der Waals surface area (Å²) >= 11 is 3.23. The average Bonchev–Trinajstić information content (AvgIpc) is 2.39. The van der Waals surface area contributed by atoms with Gasteiger partial charge in [-0.3, -0.25) is 4.90 Å². The second-order valence-electron chi connectivity index (χ2n) is 4.62. The third-order valence-electron chi connectivity index (χ3n) is 3.31. The topological polar surface area (TPSA) is 24.5 Å². The van der Waals surface area contributed by atoms with Crippen LogP contribution in [0.1, 0.15) is 11.6 Å². The molecule has 1 atom stereocenters. The van der Waals surface area contributed by atoms with Crippen molar-refractivity contribution in [2.45, 2.75) is 12.2 Å². The van der Waals surface area contributed by atoms with Gasteiger partial charge >= 0.3 is 6.18 Å². The molecule has 1 aromatic carbocycles. The van der Waals surface area contributed by atoms with E-state index in [-0.39, 0.29) is 36.1 Å². The third kappa shape index (κ3) is 5.16. The molecule has 0 unspecified atom stereocenters. The second kappa shape index (κ2) is 9.17. The number of rotatable bonds is 3. The van der Waals surface area contributed by atoms with E-state index in [1.165, 1.54) is 18.1 Å². The number of nitrogens with zero attached hydrogens (tertiary/aromatic N) is 1. The average molecular weight is 426 g/mol. The molecule has 1 fully saturated rings. The van der Waals surface area contributed by atoms with Crippen LogP contribution in [0.4, 0.5) is 13.2 Å². The lowest BCUT2D eigenvalue weighted by atomic mass is 10.0. The number of nitrogens with one attached hydrogen (secondary N) is 1. The van der Waals surface area contributed by atoms with Crippen LogP contribution < -0.4 is 10.1 Å². The molecule has 0 bridgehead atoms. The van der Waals surface area contributed by atoms with Crippen molar-refractivity contribution < 1.29 is 17.9 Å². The van der Waals surface area contributed by atoms with Crippen molar-refractivity contribution in [1.82, 2.24) is 10.2 Å². The number of ether oxygens (including phenoxy) is 1. The molecule has 0 spiro atoms. The molecule has 1 N–H and O–H groups in total. The van der Waals surface area contributed by atoms with Gasteiger partial charge in [0.2, 0.25) is 0 Å². The fourth-order valence-corrected chi connectivity index (χ4v) is 2.82. The van der Waals surface area contributed by atoms with Crippen molar-refractivity contribution in [3.8, 4) is 5.75 Å². The number of halogens is 6. The molecule has 0 aromatic heterocycles. The minimum atomic E-state index is -4.34. The standard InChI is InChI=1S/C13H16BrF3N2O.2ClH/c1-20-11-3-2-9(14)8-10(11)12(13(15,16)17)19-6-4-18-5-7-19;;/h2-3,8,12,18H,4-7H2,1H3;2*1H/t12-;;/m0../s1. The van der Waals surface area contributed by atoms with Crippen LogP contribution in [0, 0.1) is 0 Å². The van der Waals surface area contributed by atoms with Crippen LogP contribution in [0.25, 0.3) is 0 Å². The van der Waals surface area contributed by atoms with Crippen LogP contribution in [-0.4, -0.2) is 44.4 Å². The highest BCUT2D eigenvalue weighted by molar-refractivity contribution is 9.10. The molecule has 0 aliphatic carbocycles. The number of methoxy groups -OCH3 is 1. The molecular weight excluding hydrogens is 408 g/mol. The van der Waals surface area contributed by atoms with E-state index in [9.17, 15) is 13.2 Å². The van der Waals surface area contributed by atoms with Crippen molar-refractivity contribution in [2.75, 3.05) is 33.3 Å². The number of benzene rings is 1. The lowest BCUT2D eigenvalue weighted by Crippen LogP contribution is -2.49. The van der Waals surface area contributed by atoms with Gasteiger partial charge in [0.1, 0.15) is 11.8 Å². The highest BCUT2D eigenvalue weighted by Crippen LogP contribution is 2.42. The zero-order valence-electron chi connectivity index (χ0n) is 11.8. The van der Waals surface area contributed by atoms with Crippen LogP contribution in [0.2, 0.25) is 0 Å². The SMILES string of the molecule is COc1ccc(Br)cc1[C@H](N1CCNCC1)C(F)(F)F.Cl.Cl. The van der Waals surface area contributed by atoms with Crippen molar-refractivity contribution in [3.05, 3.63) is 28.2 Å². The summed E-state index contributed by atoms with van der Waals surface area (Å²) in [6, 6.07) is 3.07. The van der Waals surface area contributed by atoms with Gasteiger partial charge in [0.25, 0.3) is 0 Å². The van der Waals surface area contributed by atoms with Crippen LogP contribution in [0.3, 0.4) is 0 Å². The molecular formula is C13H18BrCl2F3N2O. The Bertz CT molecular complexity index is 471. The Morgan fingerprint density at radius 2 is 1.82 bits per heavy atom. The summed E-state index contributed by atoms with van der Waals surface area (Å²) in [5.74, 6) is 0.258. The van der Waals surface area contributed by atoms with Crippen molar-refractivity contribution in [2.24, 2.45) is 0 Å². The maximum Gasteiger partial charge on any atom is 0.408 e. The highest BCUT2D eigenvalue weighted by Gasteiger charge is 2.46. The Hall–Kier alpha value is -0.210. The van der Waals surface area contributed by atoms with Gasteiger partial charge < -0.3 is 10.1 Å².